The van der Waals surface area contributed by atoms with Crippen LogP contribution in [0.25, 0.3) is 0 Å². The Morgan fingerprint density at radius 2 is 2.22 bits per heavy atom. The Hall–Kier alpha value is 0.610. The molecule has 0 aromatic carbocycles. The van der Waals surface area contributed by atoms with Gasteiger partial charge in [0.1, 0.15) is 0 Å². The maximum Gasteiger partial charge on any atom is 0.0809 e. The molecule has 0 fully saturated rings. The number of hydrogen-bond donors (Lipinski definition) is 1. The van der Waals surface area contributed by atoms with Crippen molar-refractivity contribution in [1.82, 2.24) is 10.4 Å². The first-order chi connectivity index (χ1) is 4.27. The molecule has 0 radical (unpaired) electrons. The van der Waals surface area contributed by atoms with E-state index in [0.717, 1.165) is 17.7 Å². The fourth-order valence-corrected chi connectivity index (χ4v) is 0.559. The van der Waals surface area contributed by atoms with Crippen LogP contribution in [0.3, 0.4) is 0 Å². The van der Waals surface area contributed by atoms with E-state index in [4.69, 9.17) is 4.84 Å². The highest BCUT2D eigenvalue weighted by molar-refractivity contribution is 14.1. The SMILES string of the molecule is CN(C)CCONCI. The zero-order valence-corrected chi connectivity index (χ0v) is 8.01. The zero-order valence-electron chi connectivity index (χ0n) is 5.85. The monoisotopic (exact) mass is 244 g/mol. The van der Waals surface area contributed by atoms with Crippen molar-refractivity contribution >= 4 is 22.6 Å². The summed E-state index contributed by atoms with van der Waals surface area (Å²) in [4.78, 5) is 7.07. The van der Waals surface area contributed by atoms with Gasteiger partial charge in [-0.1, -0.05) is 22.6 Å². The van der Waals surface area contributed by atoms with E-state index in [9.17, 15) is 0 Å². The van der Waals surface area contributed by atoms with Gasteiger partial charge in [-0.15, -0.1) is 0 Å². The summed E-state index contributed by atoms with van der Waals surface area (Å²) in [5.74, 6) is 0. The quantitative estimate of drug-likeness (QED) is 0.250. The van der Waals surface area contributed by atoms with Gasteiger partial charge in [0.05, 0.1) is 11.2 Å². The molecule has 0 saturated heterocycles. The topological polar surface area (TPSA) is 24.5 Å². The second-order valence-corrected chi connectivity index (χ2v) is 2.69. The largest absolute Gasteiger partial charge is 0.307 e. The molecule has 4 heteroatoms. The molecule has 0 spiro atoms. The van der Waals surface area contributed by atoms with Crippen molar-refractivity contribution in [2.24, 2.45) is 0 Å². The lowest BCUT2D eigenvalue weighted by atomic mass is 10.6. The summed E-state index contributed by atoms with van der Waals surface area (Å²) in [6.07, 6.45) is 0. The van der Waals surface area contributed by atoms with E-state index in [0.29, 0.717) is 0 Å². The molecule has 0 rings (SSSR count). The molecule has 0 aliphatic rings. The predicted octanol–water partition coefficient (Wildman–Crippen LogP) is 0.462. The highest BCUT2D eigenvalue weighted by atomic mass is 127. The molecule has 0 atom stereocenters. The van der Waals surface area contributed by atoms with Gasteiger partial charge in [-0.3, -0.25) is 4.84 Å². The molecule has 0 unspecified atom stereocenters. The maximum absolute atomic E-state index is 4.99. The number of rotatable bonds is 5. The van der Waals surface area contributed by atoms with Crippen molar-refractivity contribution in [1.29, 1.82) is 0 Å². The smallest absolute Gasteiger partial charge is 0.0809 e. The molecule has 1 N–H and O–H groups in total. The summed E-state index contributed by atoms with van der Waals surface area (Å²) in [5, 5.41) is 0. The minimum Gasteiger partial charge on any atom is -0.307 e. The molecule has 9 heavy (non-hydrogen) atoms. The second-order valence-electron chi connectivity index (χ2n) is 1.93. The van der Waals surface area contributed by atoms with E-state index in [1.54, 1.807) is 0 Å². The lowest BCUT2D eigenvalue weighted by Crippen LogP contribution is -2.22. The summed E-state index contributed by atoms with van der Waals surface area (Å²) >= 11 is 2.19. The van der Waals surface area contributed by atoms with Gasteiger partial charge in [-0.2, -0.15) is 5.48 Å². The Morgan fingerprint density at radius 3 is 2.67 bits per heavy atom. The third-order valence-corrected chi connectivity index (χ3v) is 1.11. The number of nitrogens with one attached hydrogen (secondary N) is 1. The average molecular weight is 244 g/mol. The summed E-state index contributed by atoms with van der Waals surface area (Å²) in [6.45, 7) is 1.71. The molecule has 3 nitrogen and oxygen atoms in total. The third kappa shape index (κ3) is 8.61. The van der Waals surface area contributed by atoms with Gasteiger partial charge in [0, 0.05) is 6.54 Å². The number of hydroxylamine groups is 1. The van der Waals surface area contributed by atoms with Gasteiger partial charge >= 0.3 is 0 Å². The van der Waals surface area contributed by atoms with E-state index in [1.807, 2.05) is 14.1 Å². The second kappa shape index (κ2) is 6.73. The predicted molar refractivity (Wildman–Crippen MR) is 46.5 cm³/mol. The van der Waals surface area contributed by atoms with Crippen LogP contribution in [0.15, 0.2) is 0 Å². The lowest BCUT2D eigenvalue weighted by Gasteiger charge is -2.08. The van der Waals surface area contributed by atoms with Gasteiger partial charge in [-0.05, 0) is 14.1 Å². The first-order valence-electron chi connectivity index (χ1n) is 2.82. The molecule has 0 bridgehead atoms. The van der Waals surface area contributed by atoms with Gasteiger partial charge in [0.25, 0.3) is 0 Å². The van der Waals surface area contributed by atoms with Crippen molar-refractivity contribution < 1.29 is 4.84 Å². The molecule has 0 saturated carbocycles. The normalized spacial score (nSPS) is 10.7. The number of nitrogens with zero attached hydrogens (tertiary/aromatic N) is 1. The zero-order chi connectivity index (χ0) is 7.11. The minimum absolute atomic E-state index is 0.746. The number of likely N-dealkylation sites (N-methyl/N-ethyl adjacent to an activating group) is 1. The van der Waals surface area contributed by atoms with Gasteiger partial charge in [0.2, 0.25) is 0 Å². The fraction of sp³-hybridized carbons (Fsp3) is 1.00. The van der Waals surface area contributed by atoms with Crippen LogP contribution >= 0.6 is 22.6 Å². The molecule has 0 heterocycles. The highest BCUT2D eigenvalue weighted by Crippen LogP contribution is 1.76. The van der Waals surface area contributed by atoms with Crippen LogP contribution in [-0.4, -0.2) is 36.7 Å². The Bertz CT molecular complexity index is 60.9. The van der Waals surface area contributed by atoms with Crippen molar-refractivity contribution in [3.63, 3.8) is 0 Å². The van der Waals surface area contributed by atoms with E-state index in [2.05, 4.69) is 33.0 Å². The Kier molecular flexibility index (Phi) is 7.18. The van der Waals surface area contributed by atoms with E-state index in [-0.39, 0.29) is 0 Å². The maximum atomic E-state index is 4.99. The van der Waals surface area contributed by atoms with Crippen LogP contribution in [0.1, 0.15) is 0 Å². The van der Waals surface area contributed by atoms with Gasteiger partial charge < -0.3 is 4.90 Å². The Balaban J connectivity index is 2.75. The molecule has 0 aromatic heterocycles. The first kappa shape index (κ1) is 9.61. The molecular formula is C5H13IN2O. The first-order valence-corrected chi connectivity index (χ1v) is 4.35. The van der Waals surface area contributed by atoms with Gasteiger partial charge in [-0.25, -0.2) is 0 Å². The third-order valence-electron chi connectivity index (χ3n) is 0.797. The number of alkyl halides is 1. The Morgan fingerprint density at radius 1 is 1.56 bits per heavy atom. The molecule has 0 amide bonds. The Labute approximate surface area is 69.8 Å². The van der Waals surface area contributed by atoms with Crippen molar-refractivity contribution in [3.8, 4) is 0 Å². The van der Waals surface area contributed by atoms with E-state index >= 15 is 0 Å². The number of halogens is 1. The van der Waals surface area contributed by atoms with Gasteiger partial charge in [0.15, 0.2) is 0 Å². The molecule has 0 aromatic rings. The summed E-state index contributed by atoms with van der Waals surface area (Å²) in [7, 11) is 4.04. The molecule has 0 aliphatic carbocycles. The van der Waals surface area contributed by atoms with Crippen molar-refractivity contribution in [3.05, 3.63) is 0 Å². The summed E-state index contributed by atoms with van der Waals surface area (Å²) < 4.78 is 0.838. The average Bonchev–Trinajstić information content (AvgIpc) is 1.80. The summed E-state index contributed by atoms with van der Waals surface area (Å²) in [5.41, 5.74) is 2.76. The minimum atomic E-state index is 0.746. The lowest BCUT2D eigenvalue weighted by molar-refractivity contribution is 0.0462. The standard InChI is InChI=1S/C5H13IN2O/c1-8(2)3-4-9-7-5-6/h7H,3-5H2,1-2H3. The molecule has 56 valence electrons. The van der Waals surface area contributed by atoms with E-state index in [1.165, 1.54) is 0 Å². The van der Waals surface area contributed by atoms with Crippen LogP contribution in [0.4, 0.5) is 0 Å². The van der Waals surface area contributed by atoms with Crippen molar-refractivity contribution in [2.45, 2.75) is 0 Å². The summed E-state index contributed by atoms with van der Waals surface area (Å²) in [6, 6.07) is 0. The fourth-order valence-electron chi connectivity index (χ4n) is 0.339. The van der Waals surface area contributed by atoms with Crippen LogP contribution in [0, 0.1) is 0 Å². The van der Waals surface area contributed by atoms with Crippen LogP contribution < -0.4 is 5.48 Å². The van der Waals surface area contributed by atoms with Crippen LogP contribution in [0.5, 0.6) is 0 Å². The highest BCUT2D eigenvalue weighted by Gasteiger charge is 1.87. The van der Waals surface area contributed by atoms with Crippen LogP contribution in [-0.2, 0) is 4.84 Å². The van der Waals surface area contributed by atoms with Crippen molar-refractivity contribution in [2.75, 3.05) is 31.8 Å². The number of hydrogen-bond acceptors (Lipinski definition) is 3. The molecule has 0 aliphatic heterocycles. The van der Waals surface area contributed by atoms with Crippen LogP contribution in [0.2, 0.25) is 0 Å². The van der Waals surface area contributed by atoms with E-state index < -0.39 is 0 Å². The molecular weight excluding hydrogens is 231 g/mol.